The first-order valence-corrected chi connectivity index (χ1v) is 20.8. The topological polar surface area (TPSA) is 21.3 Å². The van der Waals surface area contributed by atoms with Crippen LogP contribution in [-0.4, -0.2) is 4.57 Å². The van der Waals surface area contributed by atoms with Gasteiger partial charge in [-0.25, -0.2) is 0 Å². The summed E-state index contributed by atoms with van der Waals surface area (Å²) in [5.41, 5.74) is 15.3. The van der Waals surface area contributed by atoms with E-state index in [2.05, 4.69) is 234 Å². The Morgan fingerprint density at radius 3 is 1.75 bits per heavy atom. The second kappa shape index (κ2) is 14.3. The molecule has 2 heterocycles. The van der Waals surface area contributed by atoms with Crippen molar-refractivity contribution in [2.75, 3.05) is 4.90 Å². The number of hydrogen-bond acceptors (Lipinski definition) is 2. The van der Waals surface area contributed by atoms with Gasteiger partial charge in [0.05, 0.1) is 22.4 Å². The number of nitrogens with zero attached hydrogens (tertiary/aromatic N) is 2. The largest absolute Gasteiger partial charge is 0.455 e. The summed E-state index contributed by atoms with van der Waals surface area (Å²) in [6.45, 7) is 0. The van der Waals surface area contributed by atoms with Crippen molar-refractivity contribution in [1.82, 2.24) is 4.57 Å². The van der Waals surface area contributed by atoms with E-state index >= 15 is 0 Å². The van der Waals surface area contributed by atoms with Crippen LogP contribution in [0.5, 0.6) is 0 Å². The summed E-state index contributed by atoms with van der Waals surface area (Å²) in [6, 6.07) is 83.0. The lowest BCUT2D eigenvalue weighted by atomic mass is 9.97. The summed E-state index contributed by atoms with van der Waals surface area (Å²) in [4.78, 5) is 2.39. The van der Waals surface area contributed by atoms with Gasteiger partial charge >= 0.3 is 0 Å². The first kappa shape index (κ1) is 34.9. The highest BCUT2D eigenvalue weighted by Crippen LogP contribution is 2.46. The first-order valence-electron chi connectivity index (χ1n) is 20.8. The number of benzene rings is 10. The normalized spacial score (nSPS) is 11.6. The lowest BCUT2D eigenvalue weighted by Crippen LogP contribution is -2.11. The van der Waals surface area contributed by atoms with Crippen molar-refractivity contribution in [1.29, 1.82) is 0 Å². The fourth-order valence-corrected chi connectivity index (χ4v) is 9.34. The summed E-state index contributed by atoms with van der Waals surface area (Å²) in [6.07, 6.45) is 0. The second-order valence-electron chi connectivity index (χ2n) is 15.7. The second-order valence-corrected chi connectivity index (χ2v) is 15.7. The van der Waals surface area contributed by atoms with E-state index in [0.29, 0.717) is 0 Å². The number of aromatic nitrogens is 1. The van der Waals surface area contributed by atoms with Gasteiger partial charge in [-0.3, -0.25) is 0 Å². The van der Waals surface area contributed by atoms with Crippen molar-refractivity contribution >= 4 is 71.6 Å². The molecule has 0 N–H and O–H groups in total. The Kier molecular flexibility index (Phi) is 8.17. The lowest BCUT2D eigenvalue weighted by molar-refractivity contribution is 0.670. The van der Waals surface area contributed by atoms with Crippen LogP contribution in [0.4, 0.5) is 17.1 Å². The molecule has 12 aromatic rings. The predicted octanol–water partition coefficient (Wildman–Crippen LogP) is 16.3. The summed E-state index contributed by atoms with van der Waals surface area (Å²) in [5, 5.41) is 7.11. The Morgan fingerprint density at radius 1 is 0.344 bits per heavy atom. The van der Waals surface area contributed by atoms with Crippen LogP contribution in [0, 0.1) is 0 Å². The molecular formula is C58H38N2O. The molecule has 0 saturated heterocycles. The van der Waals surface area contributed by atoms with E-state index in [9.17, 15) is 0 Å². The van der Waals surface area contributed by atoms with E-state index in [1.54, 1.807) is 0 Å². The number of furan rings is 1. The molecule has 0 radical (unpaired) electrons. The minimum absolute atomic E-state index is 0.890. The number of hydrogen-bond donors (Lipinski definition) is 0. The molecule has 0 spiro atoms. The average Bonchev–Trinajstić information content (AvgIpc) is 3.88. The van der Waals surface area contributed by atoms with Crippen LogP contribution in [0.3, 0.4) is 0 Å². The van der Waals surface area contributed by atoms with Gasteiger partial charge in [0.2, 0.25) is 0 Å². The molecule has 3 nitrogen and oxygen atoms in total. The van der Waals surface area contributed by atoms with Crippen molar-refractivity contribution in [3.8, 4) is 39.1 Å². The molecule has 0 aliphatic heterocycles. The van der Waals surface area contributed by atoms with Gasteiger partial charge in [0.25, 0.3) is 0 Å². The van der Waals surface area contributed by atoms with Gasteiger partial charge in [0.1, 0.15) is 11.2 Å². The molecule has 0 amide bonds. The maximum absolute atomic E-state index is 6.62. The van der Waals surface area contributed by atoms with Gasteiger partial charge in [-0.15, -0.1) is 0 Å². The van der Waals surface area contributed by atoms with Crippen molar-refractivity contribution < 1.29 is 4.42 Å². The highest BCUT2D eigenvalue weighted by Gasteiger charge is 2.22. The van der Waals surface area contributed by atoms with Crippen LogP contribution in [-0.2, 0) is 0 Å². The predicted molar refractivity (Wildman–Crippen MR) is 257 cm³/mol. The van der Waals surface area contributed by atoms with Gasteiger partial charge in [-0.05, 0) is 82.1 Å². The minimum atomic E-state index is 0.890. The molecular weight excluding hydrogens is 741 g/mol. The molecule has 2 aromatic heterocycles. The molecule has 0 fully saturated rings. The maximum Gasteiger partial charge on any atom is 0.143 e. The number of anilines is 3. The van der Waals surface area contributed by atoms with Crippen LogP contribution in [0.2, 0.25) is 0 Å². The van der Waals surface area contributed by atoms with Crippen molar-refractivity contribution in [2.24, 2.45) is 0 Å². The van der Waals surface area contributed by atoms with Crippen LogP contribution in [0.25, 0.3) is 93.6 Å². The Balaban J connectivity index is 1.05. The molecule has 12 rings (SSSR count). The zero-order valence-corrected chi connectivity index (χ0v) is 33.2. The van der Waals surface area contributed by atoms with E-state index in [-0.39, 0.29) is 0 Å². The van der Waals surface area contributed by atoms with Crippen LogP contribution in [0.15, 0.2) is 235 Å². The van der Waals surface area contributed by atoms with E-state index < -0.39 is 0 Å². The molecule has 3 heteroatoms. The molecule has 0 atom stereocenters. The molecule has 10 aromatic carbocycles. The highest BCUT2D eigenvalue weighted by molar-refractivity contribution is 6.12. The third-order valence-electron chi connectivity index (χ3n) is 12.2. The minimum Gasteiger partial charge on any atom is -0.455 e. The van der Waals surface area contributed by atoms with Gasteiger partial charge in [0, 0.05) is 49.6 Å². The summed E-state index contributed by atoms with van der Waals surface area (Å²) >= 11 is 0. The third kappa shape index (κ3) is 5.82. The smallest absolute Gasteiger partial charge is 0.143 e. The quantitative estimate of drug-likeness (QED) is 0.161. The van der Waals surface area contributed by atoms with E-state index in [1.807, 2.05) is 6.07 Å². The lowest BCUT2D eigenvalue weighted by Gasteiger charge is -2.28. The number of fused-ring (bicyclic) bond motifs is 7. The van der Waals surface area contributed by atoms with Crippen LogP contribution >= 0.6 is 0 Å². The molecule has 0 saturated carbocycles. The van der Waals surface area contributed by atoms with Gasteiger partial charge in [-0.1, -0.05) is 176 Å². The molecule has 0 unspecified atom stereocenters. The summed E-state index contributed by atoms with van der Waals surface area (Å²) in [7, 11) is 0. The average molecular weight is 779 g/mol. The van der Waals surface area contributed by atoms with Gasteiger partial charge in [-0.2, -0.15) is 0 Å². The van der Waals surface area contributed by atoms with Gasteiger partial charge in [0.15, 0.2) is 0 Å². The Bertz CT molecular complexity index is 3540. The summed E-state index contributed by atoms with van der Waals surface area (Å²) < 4.78 is 9.06. The van der Waals surface area contributed by atoms with Crippen LogP contribution < -0.4 is 4.90 Å². The molecule has 0 aliphatic rings. The fourth-order valence-electron chi connectivity index (χ4n) is 9.34. The maximum atomic E-state index is 6.62. The van der Waals surface area contributed by atoms with E-state index in [0.717, 1.165) is 66.9 Å². The number of rotatable bonds is 7. The Morgan fingerprint density at radius 2 is 0.951 bits per heavy atom. The Hall–Kier alpha value is -8.14. The SMILES string of the molecule is c1ccc(-c2ccc(-c3ccc(N(c4ccc5ccccc5c4)c4ccccc4-c4cccc5c4oc4ccccc45)cc3)c(-n3c4ccccc4c4ccccc43)c2)cc1. The zero-order chi connectivity index (χ0) is 40.3. The van der Waals surface area contributed by atoms with Crippen LogP contribution in [0.1, 0.15) is 0 Å². The van der Waals surface area contributed by atoms with E-state index in [4.69, 9.17) is 4.42 Å². The fraction of sp³-hybridized carbons (Fsp3) is 0. The molecule has 0 bridgehead atoms. The van der Waals surface area contributed by atoms with Gasteiger partial charge < -0.3 is 13.9 Å². The molecule has 0 aliphatic carbocycles. The monoisotopic (exact) mass is 778 g/mol. The molecule has 286 valence electrons. The van der Waals surface area contributed by atoms with Crippen molar-refractivity contribution in [3.05, 3.63) is 231 Å². The molecule has 61 heavy (non-hydrogen) atoms. The third-order valence-corrected chi connectivity index (χ3v) is 12.2. The first-order chi connectivity index (χ1) is 30.3. The Labute approximate surface area is 353 Å². The summed E-state index contributed by atoms with van der Waals surface area (Å²) in [5.74, 6) is 0. The van der Waals surface area contributed by atoms with E-state index in [1.165, 1.54) is 43.7 Å². The number of para-hydroxylation sites is 5. The highest BCUT2D eigenvalue weighted by atomic mass is 16.3. The standard InChI is InChI=1S/C58H38N2O/c1-2-15-39(16-3-1)43-32-36-46(56(38-43)60-54-26-11-6-19-47(54)48-20-7-12-27-55(48)60)41-30-33-44(34-31-41)59(45-35-29-40-17-4-5-18-42(40)37-45)53-25-10-8-21-49(53)51-23-14-24-52-50-22-9-13-28-57(50)61-58(51)52/h1-38H. The van der Waals surface area contributed by atoms with Crippen molar-refractivity contribution in [3.63, 3.8) is 0 Å². The van der Waals surface area contributed by atoms with Crippen molar-refractivity contribution in [2.45, 2.75) is 0 Å². The zero-order valence-electron chi connectivity index (χ0n) is 33.2.